The van der Waals surface area contributed by atoms with E-state index in [0.717, 1.165) is 24.2 Å². The number of likely N-dealkylation sites (N-methyl/N-ethyl adjacent to an activating group) is 1. The highest BCUT2D eigenvalue weighted by Crippen LogP contribution is 2.26. The predicted octanol–water partition coefficient (Wildman–Crippen LogP) is 2.69. The van der Waals surface area contributed by atoms with Gasteiger partial charge in [-0.2, -0.15) is 5.10 Å². The van der Waals surface area contributed by atoms with Gasteiger partial charge in [-0.25, -0.2) is 0 Å². The molecule has 0 spiro atoms. The lowest BCUT2D eigenvalue weighted by Crippen LogP contribution is -2.24. The highest BCUT2D eigenvalue weighted by molar-refractivity contribution is 5.96. The first kappa shape index (κ1) is 17.7. The average Bonchev–Trinajstić information content (AvgIpc) is 3.17. The van der Waals surface area contributed by atoms with Crippen LogP contribution in [-0.2, 0) is 6.54 Å². The normalized spacial score (nSPS) is 10.8. The van der Waals surface area contributed by atoms with Crippen molar-refractivity contribution in [3.63, 3.8) is 0 Å². The van der Waals surface area contributed by atoms with Crippen molar-refractivity contribution in [2.24, 2.45) is 5.73 Å². The van der Waals surface area contributed by atoms with E-state index in [1.807, 2.05) is 37.4 Å². The number of aromatic amines is 1. The van der Waals surface area contributed by atoms with Crippen LogP contribution in [0.4, 0.5) is 0 Å². The van der Waals surface area contributed by atoms with Crippen molar-refractivity contribution in [3.05, 3.63) is 72.1 Å². The number of nitrogens with two attached hydrogens (primary N) is 1. The monoisotopic (exact) mass is 350 g/mol. The summed E-state index contributed by atoms with van der Waals surface area (Å²) in [5.41, 5.74) is 8.93. The molecule has 0 atom stereocenters. The van der Waals surface area contributed by atoms with Crippen LogP contribution in [0.5, 0.6) is 5.75 Å². The summed E-state index contributed by atoms with van der Waals surface area (Å²) in [6, 6.07) is 15.6. The van der Waals surface area contributed by atoms with Gasteiger partial charge in [0.15, 0.2) is 0 Å². The summed E-state index contributed by atoms with van der Waals surface area (Å²) in [6.07, 6.45) is 3.51. The van der Waals surface area contributed by atoms with Gasteiger partial charge < -0.3 is 10.5 Å². The summed E-state index contributed by atoms with van der Waals surface area (Å²) in [5, 5.41) is 6.72. The zero-order valence-corrected chi connectivity index (χ0v) is 14.7. The number of H-pyrrole nitrogens is 1. The topological polar surface area (TPSA) is 84.2 Å². The number of ether oxygens (including phenoxy) is 1. The van der Waals surface area contributed by atoms with Gasteiger partial charge in [-0.1, -0.05) is 36.4 Å². The Labute approximate surface area is 152 Å². The van der Waals surface area contributed by atoms with Gasteiger partial charge in [0.05, 0.1) is 11.8 Å². The Morgan fingerprint density at radius 2 is 2.00 bits per heavy atom. The van der Waals surface area contributed by atoms with Crippen molar-refractivity contribution in [2.45, 2.75) is 6.54 Å². The smallest absolute Gasteiger partial charge is 0.252 e. The molecule has 0 bridgehead atoms. The van der Waals surface area contributed by atoms with Crippen LogP contribution in [0, 0.1) is 0 Å². The van der Waals surface area contributed by atoms with Crippen LogP contribution < -0.4 is 10.5 Å². The molecule has 134 valence electrons. The van der Waals surface area contributed by atoms with E-state index in [-0.39, 0.29) is 0 Å². The minimum Gasteiger partial charge on any atom is -0.491 e. The van der Waals surface area contributed by atoms with E-state index in [1.165, 1.54) is 5.56 Å². The molecule has 0 aliphatic carbocycles. The molecule has 0 aliphatic heterocycles. The van der Waals surface area contributed by atoms with Gasteiger partial charge in [0.25, 0.3) is 5.91 Å². The van der Waals surface area contributed by atoms with Crippen molar-refractivity contribution >= 4 is 5.91 Å². The van der Waals surface area contributed by atoms with E-state index in [4.69, 9.17) is 10.5 Å². The predicted molar refractivity (Wildman–Crippen MR) is 101 cm³/mol. The molecule has 0 saturated carbocycles. The summed E-state index contributed by atoms with van der Waals surface area (Å²) in [4.78, 5) is 13.8. The van der Waals surface area contributed by atoms with Gasteiger partial charge in [0.1, 0.15) is 12.4 Å². The number of amides is 1. The van der Waals surface area contributed by atoms with Crippen LogP contribution in [-0.4, -0.2) is 41.2 Å². The van der Waals surface area contributed by atoms with Gasteiger partial charge in [-0.15, -0.1) is 0 Å². The van der Waals surface area contributed by atoms with E-state index in [9.17, 15) is 4.79 Å². The number of rotatable bonds is 8. The lowest BCUT2D eigenvalue weighted by atomic mass is 10.1. The Hall–Kier alpha value is -3.12. The van der Waals surface area contributed by atoms with Crippen molar-refractivity contribution in [1.82, 2.24) is 15.1 Å². The average molecular weight is 350 g/mol. The van der Waals surface area contributed by atoms with Crippen molar-refractivity contribution in [1.29, 1.82) is 0 Å². The van der Waals surface area contributed by atoms with Crippen molar-refractivity contribution in [3.8, 4) is 16.9 Å². The van der Waals surface area contributed by atoms with E-state index in [2.05, 4.69) is 27.2 Å². The molecule has 3 aromatic rings. The molecular formula is C20H22N4O2. The fourth-order valence-corrected chi connectivity index (χ4v) is 2.72. The molecule has 3 rings (SSSR count). The summed E-state index contributed by atoms with van der Waals surface area (Å²) < 4.78 is 5.87. The third-order valence-electron chi connectivity index (χ3n) is 4.10. The zero-order valence-electron chi connectivity index (χ0n) is 14.7. The molecule has 6 nitrogen and oxygen atoms in total. The molecule has 3 N–H and O–H groups in total. The molecule has 26 heavy (non-hydrogen) atoms. The van der Waals surface area contributed by atoms with Crippen LogP contribution in [0.25, 0.3) is 11.1 Å². The first-order valence-corrected chi connectivity index (χ1v) is 8.42. The first-order valence-electron chi connectivity index (χ1n) is 8.42. The standard InChI is InChI=1S/C20H22N4O2/c1-24(14-15-5-3-2-4-6-15)9-10-26-19-11-16(17-12-22-23-13-17)7-8-18(19)20(21)25/h2-8,11-13H,9-10,14H2,1H3,(H2,21,25)(H,22,23). The molecule has 2 aromatic carbocycles. The number of hydrogen-bond acceptors (Lipinski definition) is 4. The van der Waals surface area contributed by atoms with Crippen LogP contribution >= 0.6 is 0 Å². The SMILES string of the molecule is CN(CCOc1cc(-c2cn[nH]c2)ccc1C(N)=O)Cc1ccccc1. The van der Waals surface area contributed by atoms with E-state index < -0.39 is 5.91 Å². The Morgan fingerprint density at radius 3 is 2.69 bits per heavy atom. The summed E-state index contributed by atoms with van der Waals surface area (Å²) in [5.74, 6) is -0.0132. The molecular weight excluding hydrogens is 328 g/mol. The minimum absolute atomic E-state index is 0.378. The van der Waals surface area contributed by atoms with Gasteiger partial charge in [-0.3, -0.25) is 14.8 Å². The maximum Gasteiger partial charge on any atom is 0.252 e. The van der Waals surface area contributed by atoms with Gasteiger partial charge >= 0.3 is 0 Å². The molecule has 0 fully saturated rings. The largest absolute Gasteiger partial charge is 0.491 e. The lowest BCUT2D eigenvalue weighted by molar-refractivity contribution is 0.0996. The number of hydrogen-bond donors (Lipinski definition) is 2. The zero-order chi connectivity index (χ0) is 18.4. The summed E-state index contributed by atoms with van der Waals surface area (Å²) in [7, 11) is 2.03. The minimum atomic E-state index is -0.503. The lowest BCUT2D eigenvalue weighted by Gasteiger charge is -2.18. The van der Waals surface area contributed by atoms with Crippen LogP contribution in [0.3, 0.4) is 0 Å². The first-order chi connectivity index (χ1) is 12.6. The maximum atomic E-state index is 11.7. The summed E-state index contributed by atoms with van der Waals surface area (Å²) in [6.45, 7) is 2.02. The number of carbonyl (C=O) groups is 1. The molecule has 1 amide bonds. The van der Waals surface area contributed by atoms with Crippen LogP contribution in [0.1, 0.15) is 15.9 Å². The molecule has 0 radical (unpaired) electrons. The highest BCUT2D eigenvalue weighted by Gasteiger charge is 2.12. The number of nitrogens with zero attached hydrogens (tertiary/aromatic N) is 2. The third-order valence-corrected chi connectivity index (χ3v) is 4.10. The van der Waals surface area contributed by atoms with Crippen LogP contribution in [0.15, 0.2) is 60.9 Å². The molecule has 0 aliphatic rings. The Balaban J connectivity index is 1.64. The number of primary amides is 1. The van der Waals surface area contributed by atoms with E-state index in [0.29, 0.717) is 17.9 Å². The number of carbonyl (C=O) groups excluding carboxylic acids is 1. The second-order valence-corrected chi connectivity index (χ2v) is 6.13. The summed E-state index contributed by atoms with van der Waals surface area (Å²) >= 11 is 0. The van der Waals surface area contributed by atoms with E-state index >= 15 is 0 Å². The number of benzene rings is 2. The van der Waals surface area contributed by atoms with E-state index in [1.54, 1.807) is 18.5 Å². The quantitative estimate of drug-likeness (QED) is 0.654. The Kier molecular flexibility index (Phi) is 5.66. The molecule has 0 saturated heterocycles. The second kappa shape index (κ2) is 8.31. The fraction of sp³-hybridized carbons (Fsp3) is 0.200. The molecule has 6 heteroatoms. The Bertz CT molecular complexity index is 848. The maximum absolute atomic E-state index is 11.7. The van der Waals surface area contributed by atoms with Crippen molar-refractivity contribution < 1.29 is 9.53 Å². The molecule has 0 unspecified atom stereocenters. The number of nitrogens with one attached hydrogen (secondary N) is 1. The highest BCUT2D eigenvalue weighted by atomic mass is 16.5. The van der Waals surface area contributed by atoms with Gasteiger partial charge in [-0.05, 0) is 30.3 Å². The fourth-order valence-electron chi connectivity index (χ4n) is 2.72. The van der Waals surface area contributed by atoms with Gasteiger partial charge in [0, 0.05) is 24.8 Å². The Morgan fingerprint density at radius 1 is 1.19 bits per heavy atom. The number of aromatic nitrogens is 2. The third kappa shape index (κ3) is 4.49. The van der Waals surface area contributed by atoms with Gasteiger partial charge in [0.2, 0.25) is 0 Å². The molecule has 1 aromatic heterocycles. The second-order valence-electron chi connectivity index (χ2n) is 6.13. The van der Waals surface area contributed by atoms with Crippen molar-refractivity contribution in [2.75, 3.05) is 20.2 Å². The van der Waals surface area contributed by atoms with Crippen LogP contribution in [0.2, 0.25) is 0 Å². The molecule has 1 heterocycles.